The number of nitrogens with zero attached hydrogens (tertiary/aromatic N) is 2. The molecule has 0 aliphatic heterocycles. The highest BCUT2D eigenvalue weighted by molar-refractivity contribution is 5.31. The molecule has 1 heterocycles. The first-order valence-corrected chi connectivity index (χ1v) is 6.72. The lowest BCUT2D eigenvalue weighted by atomic mass is 10.0. The van der Waals surface area contributed by atoms with E-state index in [2.05, 4.69) is 17.2 Å². The first-order chi connectivity index (χ1) is 9.83. The molecule has 1 atom stereocenters. The highest BCUT2D eigenvalue weighted by Crippen LogP contribution is 2.17. The topological polar surface area (TPSA) is 43.8 Å². The first kappa shape index (κ1) is 12.6. The smallest absolute Gasteiger partial charge is 0.0645 e. The Labute approximate surface area is 118 Å². The Bertz CT molecular complexity index is 659. The van der Waals surface area contributed by atoms with Crippen LogP contribution >= 0.6 is 0 Å². The van der Waals surface area contributed by atoms with Gasteiger partial charge < -0.3 is 5.73 Å². The van der Waals surface area contributed by atoms with Gasteiger partial charge in [0.15, 0.2) is 0 Å². The summed E-state index contributed by atoms with van der Waals surface area (Å²) in [5.41, 5.74) is 9.61. The molecule has 2 N–H and O–H groups in total. The fourth-order valence-electron chi connectivity index (χ4n) is 2.24. The number of rotatable bonds is 4. The van der Waals surface area contributed by atoms with Crippen LogP contribution < -0.4 is 5.73 Å². The lowest BCUT2D eigenvalue weighted by Gasteiger charge is -2.09. The van der Waals surface area contributed by atoms with Gasteiger partial charge in [-0.05, 0) is 24.1 Å². The zero-order valence-corrected chi connectivity index (χ0v) is 11.2. The lowest BCUT2D eigenvalue weighted by Crippen LogP contribution is -2.12. The Morgan fingerprint density at radius 3 is 2.30 bits per heavy atom. The number of aromatic nitrogens is 2. The van der Waals surface area contributed by atoms with Crippen LogP contribution in [0.3, 0.4) is 0 Å². The molecule has 3 aromatic rings. The van der Waals surface area contributed by atoms with Crippen LogP contribution in [0, 0.1) is 0 Å². The second kappa shape index (κ2) is 5.72. The van der Waals surface area contributed by atoms with Crippen molar-refractivity contribution in [1.82, 2.24) is 9.78 Å². The highest BCUT2D eigenvalue weighted by Gasteiger charge is 2.10. The van der Waals surface area contributed by atoms with Gasteiger partial charge in [0.05, 0.1) is 11.9 Å². The predicted octanol–water partition coefficient (Wildman–Crippen LogP) is 3.11. The summed E-state index contributed by atoms with van der Waals surface area (Å²) >= 11 is 0. The average molecular weight is 263 g/mol. The summed E-state index contributed by atoms with van der Waals surface area (Å²) in [6.45, 7) is 0. The quantitative estimate of drug-likeness (QED) is 0.786. The van der Waals surface area contributed by atoms with Gasteiger partial charge in [0.1, 0.15) is 0 Å². The van der Waals surface area contributed by atoms with Crippen LogP contribution in [0.25, 0.3) is 5.69 Å². The molecule has 0 amide bonds. The monoisotopic (exact) mass is 263 g/mol. The molecule has 0 spiro atoms. The van der Waals surface area contributed by atoms with Crippen molar-refractivity contribution < 1.29 is 0 Å². The minimum atomic E-state index is -0.0325. The largest absolute Gasteiger partial charge is 0.324 e. The number of hydrogen-bond acceptors (Lipinski definition) is 2. The van der Waals surface area contributed by atoms with Gasteiger partial charge >= 0.3 is 0 Å². The summed E-state index contributed by atoms with van der Waals surface area (Å²) in [5, 5.41) is 4.39. The summed E-state index contributed by atoms with van der Waals surface area (Å²) in [4.78, 5) is 0. The van der Waals surface area contributed by atoms with Gasteiger partial charge in [0, 0.05) is 17.8 Å². The zero-order chi connectivity index (χ0) is 13.8. The van der Waals surface area contributed by atoms with Gasteiger partial charge in [-0.2, -0.15) is 5.10 Å². The Morgan fingerprint density at radius 2 is 1.60 bits per heavy atom. The molecule has 0 aliphatic carbocycles. The third kappa shape index (κ3) is 2.78. The number of nitrogens with two attached hydrogens (primary N) is 1. The van der Waals surface area contributed by atoms with Crippen LogP contribution in [0.5, 0.6) is 0 Å². The summed E-state index contributed by atoms with van der Waals surface area (Å²) in [6.07, 6.45) is 4.67. The molecule has 2 aromatic carbocycles. The van der Waals surface area contributed by atoms with E-state index >= 15 is 0 Å². The average Bonchev–Trinajstić information content (AvgIpc) is 2.99. The molecule has 0 saturated carbocycles. The van der Waals surface area contributed by atoms with Gasteiger partial charge in [0.25, 0.3) is 0 Å². The molecule has 1 unspecified atom stereocenters. The van der Waals surface area contributed by atoms with Gasteiger partial charge in [-0.25, -0.2) is 4.68 Å². The predicted molar refractivity (Wildman–Crippen MR) is 80.6 cm³/mol. The van der Waals surface area contributed by atoms with Crippen molar-refractivity contribution in [3.8, 4) is 5.69 Å². The summed E-state index contributed by atoms with van der Waals surface area (Å²) < 4.78 is 1.86. The van der Waals surface area contributed by atoms with E-state index in [1.165, 1.54) is 5.56 Å². The number of hydrogen-bond donors (Lipinski definition) is 1. The van der Waals surface area contributed by atoms with Crippen LogP contribution in [0.1, 0.15) is 17.2 Å². The first-order valence-electron chi connectivity index (χ1n) is 6.72. The Morgan fingerprint density at radius 1 is 0.950 bits per heavy atom. The minimum Gasteiger partial charge on any atom is -0.324 e. The van der Waals surface area contributed by atoms with E-state index < -0.39 is 0 Å². The maximum atomic E-state index is 6.27. The van der Waals surface area contributed by atoms with Crippen molar-refractivity contribution >= 4 is 0 Å². The Balaban J connectivity index is 1.77. The number of para-hydroxylation sites is 1. The Hall–Kier alpha value is -2.39. The van der Waals surface area contributed by atoms with Crippen LogP contribution in [0.15, 0.2) is 73.1 Å². The van der Waals surface area contributed by atoms with Gasteiger partial charge in [-0.15, -0.1) is 0 Å². The van der Waals surface area contributed by atoms with Crippen molar-refractivity contribution in [2.45, 2.75) is 12.5 Å². The molecule has 3 nitrogen and oxygen atoms in total. The van der Waals surface area contributed by atoms with E-state index in [4.69, 9.17) is 5.73 Å². The van der Waals surface area contributed by atoms with Crippen LogP contribution in [0.2, 0.25) is 0 Å². The normalized spacial score (nSPS) is 12.2. The third-order valence-corrected chi connectivity index (χ3v) is 3.35. The van der Waals surface area contributed by atoms with Gasteiger partial charge in [-0.1, -0.05) is 48.5 Å². The Kier molecular flexibility index (Phi) is 3.61. The standard InChI is InChI=1S/C17H17N3/c18-17(11-14-7-3-1-4-8-14)15-12-19-20(13-15)16-9-5-2-6-10-16/h1-10,12-13,17H,11,18H2. The fraction of sp³-hybridized carbons (Fsp3) is 0.118. The molecule has 0 bridgehead atoms. The van der Waals surface area contributed by atoms with Gasteiger partial charge in [0.2, 0.25) is 0 Å². The molecule has 3 rings (SSSR count). The minimum absolute atomic E-state index is 0.0325. The van der Waals surface area contributed by atoms with Crippen LogP contribution in [-0.4, -0.2) is 9.78 Å². The molecule has 0 fully saturated rings. The fourth-order valence-corrected chi connectivity index (χ4v) is 2.24. The van der Waals surface area contributed by atoms with Crippen molar-refractivity contribution in [3.63, 3.8) is 0 Å². The van der Waals surface area contributed by atoms with Crippen molar-refractivity contribution in [3.05, 3.63) is 84.2 Å². The maximum absolute atomic E-state index is 6.27. The molecule has 0 aliphatic rings. The van der Waals surface area contributed by atoms with Crippen LogP contribution in [0.4, 0.5) is 0 Å². The summed E-state index contributed by atoms with van der Waals surface area (Å²) in [5.74, 6) is 0. The maximum Gasteiger partial charge on any atom is 0.0645 e. The number of benzene rings is 2. The second-order valence-corrected chi connectivity index (χ2v) is 4.85. The van der Waals surface area contributed by atoms with E-state index in [0.717, 1.165) is 17.7 Å². The highest BCUT2D eigenvalue weighted by atomic mass is 15.3. The molecule has 3 heteroatoms. The van der Waals surface area contributed by atoms with Gasteiger partial charge in [-0.3, -0.25) is 0 Å². The SMILES string of the molecule is NC(Cc1ccccc1)c1cnn(-c2ccccc2)c1. The van der Waals surface area contributed by atoms with E-state index in [0.29, 0.717) is 0 Å². The molecule has 0 radical (unpaired) electrons. The van der Waals surface area contributed by atoms with E-state index in [-0.39, 0.29) is 6.04 Å². The molecule has 1 aromatic heterocycles. The van der Waals surface area contributed by atoms with E-state index in [1.807, 2.05) is 65.6 Å². The molecule has 20 heavy (non-hydrogen) atoms. The molecule has 100 valence electrons. The second-order valence-electron chi connectivity index (χ2n) is 4.85. The van der Waals surface area contributed by atoms with Crippen molar-refractivity contribution in [2.75, 3.05) is 0 Å². The molecule has 0 saturated heterocycles. The zero-order valence-electron chi connectivity index (χ0n) is 11.2. The van der Waals surface area contributed by atoms with Crippen molar-refractivity contribution in [1.29, 1.82) is 0 Å². The summed E-state index contributed by atoms with van der Waals surface area (Å²) in [7, 11) is 0. The van der Waals surface area contributed by atoms with Crippen LogP contribution in [-0.2, 0) is 6.42 Å². The van der Waals surface area contributed by atoms with Crippen molar-refractivity contribution in [2.24, 2.45) is 5.73 Å². The molecular formula is C17H17N3. The molecular weight excluding hydrogens is 246 g/mol. The lowest BCUT2D eigenvalue weighted by molar-refractivity contribution is 0.721. The van der Waals surface area contributed by atoms with E-state index in [9.17, 15) is 0 Å². The van der Waals surface area contributed by atoms with E-state index in [1.54, 1.807) is 0 Å². The summed E-state index contributed by atoms with van der Waals surface area (Å²) in [6, 6.07) is 20.3. The third-order valence-electron chi connectivity index (χ3n) is 3.35.